The molecule has 1 amide bonds. The van der Waals surface area contributed by atoms with Crippen molar-refractivity contribution in [2.24, 2.45) is 0 Å². The van der Waals surface area contributed by atoms with Crippen molar-refractivity contribution in [1.29, 1.82) is 0 Å². The molecule has 1 unspecified atom stereocenters. The number of morpholine rings is 2. The second-order valence-corrected chi connectivity index (χ2v) is 6.09. The zero-order chi connectivity index (χ0) is 13.1. The molecule has 3 aliphatic heterocycles. The molecule has 3 fully saturated rings. The van der Waals surface area contributed by atoms with E-state index in [1.807, 2.05) is 16.8 Å². The molecule has 108 valence electrons. The zero-order valence-electron chi connectivity index (χ0n) is 11.1. The van der Waals surface area contributed by atoms with Gasteiger partial charge in [0.2, 0.25) is 0 Å². The number of carbonyl (C=O) groups is 1. The fraction of sp³-hybridized carbons (Fsp3) is 0.917. The van der Waals surface area contributed by atoms with E-state index in [2.05, 4.69) is 9.91 Å². The first-order valence-electron chi connectivity index (χ1n) is 6.90. The highest BCUT2D eigenvalue weighted by Crippen LogP contribution is 2.23. The summed E-state index contributed by atoms with van der Waals surface area (Å²) >= 11 is 1.97. The van der Waals surface area contributed by atoms with E-state index in [9.17, 15) is 4.79 Å². The van der Waals surface area contributed by atoms with Crippen molar-refractivity contribution >= 4 is 17.7 Å². The van der Waals surface area contributed by atoms with Gasteiger partial charge in [-0.05, 0) is 0 Å². The lowest BCUT2D eigenvalue weighted by molar-refractivity contribution is -0.181. The number of hydrogen-bond acceptors (Lipinski definition) is 6. The smallest absolute Gasteiger partial charge is 0.262 e. The first-order chi connectivity index (χ1) is 9.36. The van der Waals surface area contributed by atoms with E-state index < -0.39 is 0 Å². The van der Waals surface area contributed by atoms with Crippen LogP contribution in [0, 0.1) is 0 Å². The molecule has 3 aliphatic rings. The van der Waals surface area contributed by atoms with Crippen LogP contribution >= 0.6 is 11.8 Å². The fourth-order valence-electron chi connectivity index (χ4n) is 2.81. The predicted octanol–water partition coefficient (Wildman–Crippen LogP) is -0.533. The zero-order valence-corrected chi connectivity index (χ0v) is 11.9. The Labute approximate surface area is 117 Å². The van der Waals surface area contributed by atoms with Gasteiger partial charge in [-0.1, -0.05) is 0 Å². The Morgan fingerprint density at radius 1 is 1.05 bits per heavy atom. The van der Waals surface area contributed by atoms with Crippen LogP contribution in [-0.2, 0) is 14.3 Å². The first kappa shape index (κ1) is 13.6. The minimum Gasteiger partial charge on any atom is -0.379 e. The van der Waals surface area contributed by atoms with Gasteiger partial charge in [-0.25, -0.2) is 0 Å². The Hall–Kier alpha value is -0.340. The standard InChI is InChI=1S/C12H21N3O3S/c16-12-9-18-7-3-15(12)14-4-8-19-10-11(14)13-1-5-17-6-2-13/h11H,1-10H2. The molecule has 0 radical (unpaired) electrons. The predicted molar refractivity (Wildman–Crippen MR) is 72.7 cm³/mol. The summed E-state index contributed by atoms with van der Waals surface area (Å²) in [6, 6.07) is 0. The number of carbonyl (C=O) groups excluding carboxylic acids is 1. The van der Waals surface area contributed by atoms with Crippen LogP contribution in [0.15, 0.2) is 0 Å². The molecule has 0 aromatic carbocycles. The highest BCUT2D eigenvalue weighted by atomic mass is 32.2. The number of thioether (sulfide) groups is 1. The van der Waals surface area contributed by atoms with E-state index >= 15 is 0 Å². The van der Waals surface area contributed by atoms with Gasteiger partial charge in [-0.15, -0.1) is 0 Å². The summed E-state index contributed by atoms with van der Waals surface area (Å²) in [5.41, 5.74) is 0. The van der Waals surface area contributed by atoms with Gasteiger partial charge in [0.1, 0.15) is 6.61 Å². The van der Waals surface area contributed by atoms with E-state index in [-0.39, 0.29) is 12.5 Å². The molecular formula is C12H21N3O3S. The van der Waals surface area contributed by atoms with Crippen LogP contribution in [0.4, 0.5) is 0 Å². The van der Waals surface area contributed by atoms with Gasteiger partial charge >= 0.3 is 0 Å². The molecule has 0 N–H and O–H groups in total. The molecular weight excluding hydrogens is 266 g/mol. The molecule has 7 heteroatoms. The van der Waals surface area contributed by atoms with Crippen molar-refractivity contribution in [3.05, 3.63) is 0 Å². The monoisotopic (exact) mass is 287 g/mol. The Bertz CT molecular complexity index is 325. The van der Waals surface area contributed by atoms with Crippen LogP contribution in [-0.4, -0.2) is 91.1 Å². The molecule has 3 saturated heterocycles. The summed E-state index contributed by atoms with van der Waals surface area (Å²) in [6.07, 6.45) is 0.324. The average Bonchev–Trinajstić information content (AvgIpc) is 2.49. The number of ether oxygens (including phenoxy) is 2. The topological polar surface area (TPSA) is 45.2 Å². The molecule has 0 aromatic heterocycles. The Balaban J connectivity index is 1.70. The molecule has 3 rings (SSSR count). The highest BCUT2D eigenvalue weighted by Gasteiger charge is 2.35. The van der Waals surface area contributed by atoms with Gasteiger partial charge in [0.05, 0.1) is 32.5 Å². The number of amides is 1. The lowest BCUT2D eigenvalue weighted by Crippen LogP contribution is -2.64. The van der Waals surface area contributed by atoms with Gasteiger partial charge < -0.3 is 9.47 Å². The van der Waals surface area contributed by atoms with Crippen LogP contribution in [0.2, 0.25) is 0 Å². The van der Waals surface area contributed by atoms with Crippen LogP contribution < -0.4 is 0 Å². The van der Waals surface area contributed by atoms with E-state index in [0.29, 0.717) is 19.3 Å². The van der Waals surface area contributed by atoms with Crippen molar-refractivity contribution in [1.82, 2.24) is 14.9 Å². The number of hydrazine groups is 1. The minimum absolute atomic E-state index is 0.0939. The molecule has 0 saturated carbocycles. The van der Waals surface area contributed by atoms with E-state index in [1.165, 1.54) is 0 Å². The highest BCUT2D eigenvalue weighted by molar-refractivity contribution is 7.99. The summed E-state index contributed by atoms with van der Waals surface area (Å²) in [6.45, 7) is 6.01. The summed E-state index contributed by atoms with van der Waals surface area (Å²) in [5, 5.41) is 4.16. The lowest BCUT2D eigenvalue weighted by Gasteiger charge is -2.48. The average molecular weight is 287 g/mol. The van der Waals surface area contributed by atoms with Crippen molar-refractivity contribution in [2.45, 2.75) is 6.17 Å². The summed E-state index contributed by atoms with van der Waals surface area (Å²) in [4.78, 5) is 14.5. The second-order valence-electron chi connectivity index (χ2n) is 4.94. The third-order valence-corrected chi connectivity index (χ3v) is 4.82. The summed E-state index contributed by atoms with van der Waals surface area (Å²) < 4.78 is 10.7. The second kappa shape index (κ2) is 6.41. The van der Waals surface area contributed by atoms with E-state index in [4.69, 9.17) is 9.47 Å². The first-order valence-corrected chi connectivity index (χ1v) is 8.06. The Morgan fingerprint density at radius 2 is 1.84 bits per heavy atom. The van der Waals surface area contributed by atoms with Gasteiger partial charge in [0.15, 0.2) is 0 Å². The van der Waals surface area contributed by atoms with Gasteiger partial charge in [0, 0.05) is 31.1 Å². The Morgan fingerprint density at radius 3 is 2.63 bits per heavy atom. The summed E-state index contributed by atoms with van der Waals surface area (Å²) in [7, 11) is 0. The maximum absolute atomic E-state index is 12.0. The van der Waals surface area contributed by atoms with Crippen molar-refractivity contribution in [3.63, 3.8) is 0 Å². The third kappa shape index (κ3) is 3.05. The van der Waals surface area contributed by atoms with Gasteiger partial charge in [-0.2, -0.15) is 16.8 Å². The molecule has 0 spiro atoms. The minimum atomic E-state index is 0.0939. The van der Waals surface area contributed by atoms with Crippen LogP contribution in [0.1, 0.15) is 0 Å². The number of nitrogens with zero attached hydrogens (tertiary/aromatic N) is 3. The molecule has 0 bridgehead atoms. The quantitative estimate of drug-likeness (QED) is 0.680. The van der Waals surface area contributed by atoms with Crippen molar-refractivity contribution in [3.8, 4) is 0 Å². The maximum Gasteiger partial charge on any atom is 0.262 e. The largest absolute Gasteiger partial charge is 0.379 e. The van der Waals surface area contributed by atoms with Crippen LogP contribution in [0.5, 0.6) is 0 Å². The summed E-state index contributed by atoms with van der Waals surface area (Å²) in [5.74, 6) is 2.24. The lowest BCUT2D eigenvalue weighted by atomic mass is 10.3. The SMILES string of the molecule is O=C1COCCN1N1CCSCC1N1CCOCC1. The van der Waals surface area contributed by atoms with Gasteiger partial charge in [0.25, 0.3) is 5.91 Å². The number of hydrogen-bond donors (Lipinski definition) is 0. The van der Waals surface area contributed by atoms with Crippen LogP contribution in [0.3, 0.4) is 0 Å². The molecule has 19 heavy (non-hydrogen) atoms. The molecule has 0 aliphatic carbocycles. The molecule has 6 nitrogen and oxygen atoms in total. The van der Waals surface area contributed by atoms with Crippen molar-refractivity contribution in [2.75, 3.05) is 64.1 Å². The number of rotatable bonds is 2. The normalized spacial score (nSPS) is 31.7. The molecule has 0 aromatic rings. The van der Waals surface area contributed by atoms with Crippen LogP contribution in [0.25, 0.3) is 0 Å². The van der Waals surface area contributed by atoms with E-state index in [1.54, 1.807) is 0 Å². The molecule has 1 atom stereocenters. The fourth-order valence-corrected chi connectivity index (χ4v) is 3.89. The van der Waals surface area contributed by atoms with E-state index in [0.717, 1.165) is 44.4 Å². The third-order valence-electron chi connectivity index (χ3n) is 3.81. The maximum atomic E-state index is 12.0. The molecule has 3 heterocycles. The van der Waals surface area contributed by atoms with Gasteiger partial charge in [-0.3, -0.25) is 14.7 Å². The Kier molecular flexibility index (Phi) is 4.60. The van der Waals surface area contributed by atoms with Crippen molar-refractivity contribution < 1.29 is 14.3 Å².